The molecule has 1 aliphatic carbocycles. The van der Waals surface area contributed by atoms with Gasteiger partial charge in [-0.25, -0.2) is 0 Å². The monoisotopic (exact) mass is 274 g/mol. The molecule has 18 heavy (non-hydrogen) atoms. The molecule has 0 saturated carbocycles. The van der Waals surface area contributed by atoms with Crippen LogP contribution in [0.25, 0.3) is 6.08 Å². The summed E-state index contributed by atoms with van der Waals surface area (Å²) in [6.07, 6.45) is 4.90. The summed E-state index contributed by atoms with van der Waals surface area (Å²) >= 11 is 0. The van der Waals surface area contributed by atoms with Crippen LogP contribution in [-0.2, 0) is 0 Å². The summed E-state index contributed by atoms with van der Waals surface area (Å²) in [4.78, 5) is 0. The quantitative estimate of drug-likeness (QED) is 0.635. The molecule has 0 amide bonds. The summed E-state index contributed by atoms with van der Waals surface area (Å²) in [6.45, 7) is 15.1. The second-order valence-corrected chi connectivity index (χ2v) is 18.5. The van der Waals surface area contributed by atoms with E-state index in [-0.39, 0.29) is 0 Å². The lowest BCUT2D eigenvalue weighted by molar-refractivity contribution is 0.860. The number of rotatable bonds is 2. The van der Waals surface area contributed by atoms with Gasteiger partial charge in [0.2, 0.25) is 0 Å². The molecule has 1 aromatic rings. The highest BCUT2D eigenvalue weighted by Crippen LogP contribution is 2.48. The van der Waals surface area contributed by atoms with Gasteiger partial charge in [0.15, 0.2) is 0 Å². The fourth-order valence-corrected chi connectivity index (χ4v) is 10.5. The third-order valence-electron chi connectivity index (χ3n) is 4.11. The molecule has 0 saturated heterocycles. The van der Waals surface area contributed by atoms with E-state index in [1.807, 2.05) is 0 Å². The lowest BCUT2D eigenvalue weighted by Crippen LogP contribution is -2.43. The Morgan fingerprint density at radius 3 is 2.00 bits per heavy atom. The highest BCUT2D eigenvalue weighted by Gasteiger charge is 2.42. The number of allylic oxidation sites excluding steroid dienone is 1. The van der Waals surface area contributed by atoms with E-state index in [0.717, 1.165) is 11.1 Å². The van der Waals surface area contributed by atoms with E-state index >= 15 is 0 Å². The SMILES string of the molecule is C[Si](C)(C)C1C=Cc2ccccc2C1[Si](C)(C)C. The molecule has 2 atom stereocenters. The maximum absolute atomic E-state index is 2.53. The standard InChI is InChI=1S/C16H26Si2/c1-17(2,3)15-12-11-13-9-7-8-10-14(13)16(15)18(4,5)6/h7-12,15-16H,1-6H3. The van der Waals surface area contributed by atoms with Crippen LogP contribution in [0.2, 0.25) is 44.8 Å². The van der Waals surface area contributed by atoms with Crippen LogP contribution in [-0.4, -0.2) is 16.1 Å². The van der Waals surface area contributed by atoms with Crippen molar-refractivity contribution in [2.45, 2.75) is 50.4 Å². The van der Waals surface area contributed by atoms with Crippen LogP contribution in [0, 0.1) is 0 Å². The van der Waals surface area contributed by atoms with E-state index in [1.165, 1.54) is 5.56 Å². The first-order valence-electron chi connectivity index (χ1n) is 6.98. The Labute approximate surface area is 114 Å². The van der Waals surface area contributed by atoms with Gasteiger partial charge < -0.3 is 0 Å². The van der Waals surface area contributed by atoms with E-state index in [9.17, 15) is 0 Å². The van der Waals surface area contributed by atoms with Crippen molar-refractivity contribution in [3.05, 3.63) is 41.5 Å². The van der Waals surface area contributed by atoms with Crippen LogP contribution in [0.5, 0.6) is 0 Å². The van der Waals surface area contributed by atoms with Gasteiger partial charge in [-0.3, -0.25) is 0 Å². The summed E-state index contributed by atoms with van der Waals surface area (Å²) in [7, 11) is -2.35. The zero-order valence-corrected chi connectivity index (χ0v) is 14.6. The first-order valence-corrected chi connectivity index (χ1v) is 14.1. The van der Waals surface area contributed by atoms with Gasteiger partial charge in [0, 0.05) is 0 Å². The summed E-state index contributed by atoms with van der Waals surface area (Å²) in [5.41, 5.74) is 4.68. The lowest BCUT2D eigenvalue weighted by atomic mass is 9.96. The van der Waals surface area contributed by atoms with Gasteiger partial charge in [-0.2, -0.15) is 0 Å². The van der Waals surface area contributed by atoms with Crippen LogP contribution in [0.3, 0.4) is 0 Å². The fraction of sp³-hybridized carbons (Fsp3) is 0.500. The number of fused-ring (bicyclic) bond motifs is 1. The Kier molecular flexibility index (Phi) is 3.45. The van der Waals surface area contributed by atoms with Crippen molar-refractivity contribution >= 4 is 22.2 Å². The molecule has 0 fully saturated rings. The average Bonchev–Trinajstić information content (AvgIpc) is 2.24. The van der Waals surface area contributed by atoms with Crippen molar-refractivity contribution < 1.29 is 0 Å². The van der Waals surface area contributed by atoms with Crippen molar-refractivity contribution in [2.75, 3.05) is 0 Å². The molecule has 0 heterocycles. The average molecular weight is 275 g/mol. The Hall–Kier alpha value is -0.606. The van der Waals surface area contributed by atoms with Crippen LogP contribution in [0.4, 0.5) is 0 Å². The number of hydrogen-bond donors (Lipinski definition) is 0. The highest BCUT2D eigenvalue weighted by molar-refractivity contribution is 6.84. The third kappa shape index (κ3) is 2.55. The smallest absolute Gasteiger partial charge is 0.0525 e. The molecule has 1 aromatic carbocycles. The summed E-state index contributed by atoms with van der Waals surface area (Å²) in [6, 6.07) is 9.03. The minimum absolute atomic E-state index is 0.797. The summed E-state index contributed by atoms with van der Waals surface area (Å²) in [5.74, 6) is 0. The van der Waals surface area contributed by atoms with E-state index in [4.69, 9.17) is 0 Å². The zero-order valence-electron chi connectivity index (χ0n) is 12.6. The molecular formula is C16H26Si2. The molecule has 0 radical (unpaired) electrons. The van der Waals surface area contributed by atoms with Crippen molar-refractivity contribution in [1.29, 1.82) is 0 Å². The molecule has 0 aromatic heterocycles. The topological polar surface area (TPSA) is 0 Å². The number of benzene rings is 1. The first kappa shape index (κ1) is 13.8. The molecule has 2 rings (SSSR count). The van der Waals surface area contributed by atoms with Crippen molar-refractivity contribution in [3.8, 4) is 0 Å². The molecule has 2 unspecified atom stereocenters. The van der Waals surface area contributed by atoms with Crippen LogP contribution in [0.1, 0.15) is 16.7 Å². The van der Waals surface area contributed by atoms with Crippen LogP contribution in [0.15, 0.2) is 30.3 Å². The molecule has 1 aliphatic rings. The molecule has 0 N–H and O–H groups in total. The Morgan fingerprint density at radius 2 is 1.44 bits per heavy atom. The fourth-order valence-electron chi connectivity index (χ4n) is 3.25. The molecule has 0 nitrogen and oxygen atoms in total. The first-order chi connectivity index (χ1) is 8.21. The predicted molar refractivity (Wildman–Crippen MR) is 88.7 cm³/mol. The van der Waals surface area contributed by atoms with E-state index in [1.54, 1.807) is 5.56 Å². The normalized spacial score (nSPS) is 23.9. The van der Waals surface area contributed by atoms with Crippen molar-refractivity contribution in [1.82, 2.24) is 0 Å². The van der Waals surface area contributed by atoms with Gasteiger partial charge in [-0.05, 0) is 22.2 Å². The third-order valence-corrected chi connectivity index (χ3v) is 9.50. The van der Waals surface area contributed by atoms with Crippen molar-refractivity contribution in [2.24, 2.45) is 0 Å². The van der Waals surface area contributed by atoms with Gasteiger partial charge in [0.05, 0.1) is 16.1 Å². The Bertz CT molecular complexity index is 461. The van der Waals surface area contributed by atoms with Gasteiger partial charge in [0.1, 0.15) is 0 Å². The van der Waals surface area contributed by atoms with E-state index in [2.05, 4.69) is 75.7 Å². The van der Waals surface area contributed by atoms with E-state index in [0.29, 0.717) is 0 Å². The highest BCUT2D eigenvalue weighted by atomic mass is 28.3. The van der Waals surface area contributed by atoms with Crippen LogP contribution < -0.4 is 0 Å². The lowest BCUT2D eigenvalue weighted by Gasteiger charge is -2.43. The Morgan fingerprint density at radius 1 is 0.833 bits per heavy atom. The number of hydrogen-bond acceptors (Lipinski definition) is 0. The van der Waals surface area contributed by atoms with Gasteiger partial charge in [-0.15, -0.1) is 0 Å². The van der Waals surface area contributed by atoms with Gasteiger partial charge in [0.25, 0.3) is 0 Å². The summed E-state index contributed by atoms with van der Waals surface area (Å²) in [5, 5.41) is 0. The zero-order chi connectivity index (χ0) is 13.6. The van der Waals surface area contributed by atoms with E-state index < -0.39 is 16.1 Å². The van der Waals surface area contributed by atoms with Gasteiger partial charge in [-0.1, -0.05) is 75.7 Å². The Balaban J connectivity index is 2.56. The minimum atomic E-state index is -1.20. The molecule has 0 spiro atoms. The maximum atomic E-state index is 2.53. The second kappa shape index (κ2) is 4.50. The van der Waals surface area contributed by atoms with Gasteiger partial charge >= 0.3 is 0 Å². The largest absolute Gasteiger partial charge is 0.0832 e. The second-order valence-electron chi connectivity index (χ2n) is 7.72. The molecule has 0 bridgehead atoms. The summed E-state index contributed by atoms with van der Waals surface area (Å²) < 4.78 is 0. The molecule has 0 aliphatic heterocycles. The predicted octanol–water partition coefficient (Wildman–Crippen LogP) is 5.38. The molecular weight excluding hydrogens is 248 g/mol. The molecule has 2 heteroatoms. The maximum Gasteiger partial charge on any atom is 0.0525 e. The minimum Gasteiger partial charge on any atom is -0.0832 e. The van der Waals surface area contributed by atoms with Crippen LogP contribution >= 0.6 is 0 Å². The molecule has 98 valence electrons. The van der Waals surface area contributed by atoms with Crippen molar-refractivity contribution in [3.63, 3.8) is 0 Å².